The number of rotatable bonds is 4. The standard InChI is InChI=1S/C18H11ClN2O2S2/c19-12-5-2-1-4-11(12)14-7-8-15(23-14)17(22)21-18-20-13(10-25-18)16-6-3-9-24-16/h1-10H,(H,20,21,22). The third-order valence-electron chi connectivity index (χ3n) is 3.47. The van der Waals surface area contributed by atoms with Gasteiger partial charge >= 0.3 is 0 Å². The zero-order valence-electron chi connectivity index (χ0n) is 12.7. The topological polar surface area (TPSA) is 55.1 Å². The van der Waals surface area contributed by atoms with Crippen molar-refractivity contribution in [3.63, 3.8) is 0 Å². The van der Waals surface area contributed by atoms with Crippen LogP contribution in [0.4, 0.5) is 5.13 Å². The Kier molecular flexibility index (Phi) is 4.40. The van der Waals surface area contributed by atoms with Gasteiger partial charge in [0, 0.05) is 10.9 Å². The first-order valence-corrected chi connectivity index (χ1v) is 9.50. The van der Waals surface area contributed by atoms with Crippen LogP contribution in [0.1, 0.15) is 10.6 Å². The minimum absolute atomic E-state index is 0.211. The van der Waals surface area contributed by atoms with Crippen molar-refractivity contribution >= 4 is 45.3 Å². The number of amides is 1. The van der Waals surface area contributed by atoms with E-state index in [0.29, 0.717) is 15.9 Å². The van der Waals surface area contributed by atoms with Crippen molar-refractivity contribution in [3.8, 4) is 21.9 Å². The smallest absolute Gasteiger partial charge is 0.293 e. The molecule has 0 aliphatic carbocycles. The first-order valence-electron chi connectivity index (χ1n) is 7.36. The molecule has 0 fully saturated rings. The molecule has 4 aromatic rings. The maximum Gasteiger partial charge on any atom is 0.293 e. The number of nitrogens with one attached hydrogen (secondary N) is 1. The van der Waals surface area contributed by atoms with Crippen LogP contribution in [-0.2, 0) is 0 Å². The highest BCUT2D eigenvalue weighted by Gasteiger charge is 2.15. The molecule has 0 spiro atoms. The molecule has 0 radical (unpaired) electrons. The van der Waals surface area contributed by atoms with Gasteiger partial charge < -0.3 is 4.42 Å². The van der Waals surface area contributed by atoms with Gasteiger partial charge in [0.2, 0.25) is 0 Å². The molecule has 0 atom stereocenters. The highest BCUT2D eigenvalue weighted by molar-refractivity contribution is 7.16. The molecule has 1 N–H and O–H groups in total. The minimum Gasteiger partial charge on any atom is -0.451 e. The van der Waals surface area contributed by atoms with Crippen LogP contribution in [0.15, 0.2) is 63.7 Å². The van der Waals surface area contributed by atoms with E-state index in [1.54, 1.807) is 29.5 Å². The third-order valence-corrected chi connectivity index (χ3v) is 5.45. The largest absolute Gasteiger partial charge is 0.451 e. The average Bonchev–Trinajstić information content (AvgIpc) is 3.36. The molecule has 0 aliphatic heterocycles. The van der Waals surface area contributed by atoms with Crippen LogP contribution in [0.25, 0.3) is 21.9 Å². The quantitative estimate of drug-likeness (QED) is 0.465. The molecule has 0 saturated heterocycles. The number of hydrogen-bond donors (Lipinski definition) is 1. The Morgan fingerprint density at radius 2 is 1.96 bits per heavy atom. The van der Waals surface area contributed by atoms with Crippen molar-refractivity contribution < 1.29 is 9.21 Å². The number of carbonyl (C=O) groups is 1. The van der Waals surface area contributed by atoms with Gasteiger partial charge in [0.25, 0.3) is 5.91 Å². The summed E-state index contributed by atoms with van der Waals surface area (Å²) in [6.45, 7) is 0. The molecule has 0 bridgehead atoms. The van der Waals surface area contributed by atoms with E-state index >= 15 is 0 Å². The first-order chi connectivity index (χ1) is 12.2. The number of furan rings is 1. The van der Waals surface area contributed by atoms with Crippen LogP contribution in [0, 0.1) is 0 Å². The molecule has 1 amide bonds. The Morgan fingerprint density at radius 3 is 2.76 bits per heavy atom. The van der Waals surface area contributed by atoms with Crippen LogP contribution in [-0.4, -0.2) is 10.9 Å². The molecule has 0 saturated carbocycles. The number of anilines is 1. The van der Waals surface area contributed by atoms with Gasteiger partial charge in [-0.2, -0.15) is 0 Å². The van der Waals surface area contributed by atoms with E-state index in [9.17, 15) is 4.79 Å². The normalized spacial score (nSPS) is 10.8. The zero-order chi connectivity index (χ0) is 17.2. The second kappa shape index (κ2) is 6.84. The van der Waals surface area contributed by atoms with E-state index in [2.05, 4.69) is 10.3 Å². The molecule has 4 rings (SSSR count). The Morgan fingerprint density at radius 1 is 1.08 bits per heavy atom. The molecule has 25 heavy (non-hydrogen) atoms. The lowest BCUT2D eigenvalue weighted by molar-refractivity contribution is 0.0997. The Bertz CT molecular complexity index is 1020. The van der Waals surface area contributed by atoms with Crippen molar-refractivity contribution in [2.75, 3.05) is 5.32 Å². The molecular weight excluding hydrogens is 376 g/mol. The molecule has 4 nitrogen and oxygen atoms in total. The zero-order valence-corrected chi connectivity index (χ0v) is 15.1. The number of carbonyl (C=O) groups excluding carboxylic acids is 1. The van der Waals surface area contributed by atoms with E-state index < -0.39 is 0 Å². The summed E-state index contributed by atoms with van der Waals surface area (Å²) < 4.78 is 5.65. The SMILES string of the molecule is O=C(Nc1nc(-c2cccs2)cs1)c1ccc(-c2ccccc2Cl)o1. The van der Waals surface area contributed by atoms with Crippen LogP contribution in [0.3, 0.4) is 0 Å². The summed E-state index contributed by atoms with van der Waals surface area (Å²) in [7, 11) is 0. The summed E-state index contributed by atoms with van der Waals surface area (Å²) >= 11 is 9.15. The molecule has 3 heterocycles. The van der Waals surface area contributed by atoms with E-state index in [1.807, 2.05) is 41.1 Å². The molecule has 1 aromatic carbocycles. The van der Waals surface area contributed by atoms with Gasteiger partial charge in [-0.3, -0.25) is 10.1 Å². The molecular formula is C18H11ClN2O2S2. The van der Waals surface area contributed by atoms with Crippen molar-refractivity contribution in [1.82, 2.24) is 4.98 Å². The summed E-state index contributed by atoms with van der Waals surface area (Å²) in [5.41, 5.74) is 1.60. The Labute approximate surface area is 156 Å². The van der Waals surface area contributed by atoms with Crippen LogP contribution in [0.5, 0.6) is 0 Å². The Balaban J connectivity index is 1.52. The number of halogens is 1. The van der Waals surface area contributed by atoms with Crippen LogP contribution < -0.4 is 5.32 Å². The maximum atomic E-state index is 12.4. The van der Waals surface area contributed by atoms with Gasteiger partial charge in [-0.25, -0.2) is 4.98 Å². The third kappa shape index (κ3) is 3.37. The number of thiazole rings is 1. The monoisotopic (exact) mass is 386 g/mol. The maximum absolute atomic E-state index is 12.4. The van der Waals surface area contributed by atoms with Crippen molar-refractivity contribution in [1.29, 1.82) is 0 Å². The lowest BCUT2D eigenvalue weighted by Crippen LogP contribution is -2.10. The lowest BCUT2D eigenvalue weighted by Gasteiger charge is -2.00. The summed E-state index contributed by atoms with van der Waals surface area (Å²) in [6, 6.07) is 14.7. The first kappa shape index (κ1) is 16.1. The number of aromatic nitrogens is 1. The van der Waals surface area contributed by atoms with E-state index in [4.69, 9.17) is 16.0 Å². The van der Waals surface area contributed by atoms with Gasteiger partial charge in [-0.1, -0.05) is 29.8 Å². The number of thiophene rings is 1. The lowest BCUT2D eigenvalue weighted by atomic mass is 10.2. The van der Waals surface area contributed by atoms with Crippen LogP contribution in [0.2, 0.25) is 5.02 Å². The molecule has 0 aliphatic rings. The van der Waals surface area contributed by atoms with Gasteiger partial charge in [0.1, 0.15) is 5.76 Å². The van der Waals surface area contributed by atoms with E-state index in [0.717, 1.165) is 16.1 Å². The van der Waals surface area contributed by atoms with Gasteiger partial charge in [-0.05, 0) is 35.7 Å². The second-order valence-electron chi connectivity index (χ2n) is 5.11. The molecule has 124 valence electrons. The summed E-state index contributed by atoms with van der Waals surface area (Å²) in [4.78, 5) is 17.9. The number of hydrogen-bond acceptors (Lipinski definition) is 5. The molecule has 7 heteroatoms. The highest BCUT2D eigenvalue weighted by Crippen LogP contribution is 2.30. The summed E-state index contributed by atoms with van der Waals surface area (Å²) in [5, 5.41) is 7.78. The fourth-order valence-corrected chi connectivity index (χ4v) is 3.99. The van der Waals surface area contributed by atoms with E-state index in [-0.39, 0.29) is 11.7 Å². The van der Waals surface area contributed by atoms with Gasteiger partial charge in [0.05, 0.1) is 15.6 Å². The average molecular weight is 387 g/mol. The van der Waals surface area contributed by atoms with E-state index in [1.165, 1.54) is 11.3 Å². The minimum atomic E-state index is -0.342. The Hall–Kier alpha value is -2.41. The molecule has 3 aromatic heterocycles. The van der Waals surface area contributed by atoms with Gasteiger partial charge in [0.15, 0.2) is 10.9 Å². The number of nitrogens with zero attached hydrogens (tertiary/aromatic N) is 1. The van der Waals surface area contributed by atoms with Crippen LogP contribution >= 0.6 is 34.3 Å². The predicted octanol–water partition coefficient (Wildman–Crippen LogP) is 6.04. The van der Waals surface area contributed by atoms with Crippen molar-refractivity contribution in [2.45, 2.75) is 0 Å². The number of benzene rings is 1. The summed E-state index contributed by atoms with van der Waals surface area (Å²) in [6.07, 6.45) is 0. The summed E-state index contributed by atoms with van der Waals surface area (Å²) in [5.74, 6) is 0.419. The fraction of sp³-hybridized carbons (Fsp3) is 0. The second-order valence-corrected chi connectivity index (χ2v) is 7.33. The van der Waals surface area contributed by atoms with Crippen molar-refractivity contribution in [2.24, 2.45) is 0 Å². The highest BCUT2D eigenvalue weighted by atomic mass is 35.5. The fourth-order valence-electron chi connectivity index (χ4n) is 2.29. The van der Waals surface area contributed by atoms with Gasteiger partial charge in [-0.15, -0.1) is 22.7 Å². The van der Waals surface area contributed by atoms with Crippen molar-refractivity contribution in [3.05, 3.63) is 70.1 Å². The predicted molar refractivity (Wildman–Crippen MR) is 103 cm³/mol. The molecule has 0 unspecified atom stereocenters.